The molecule has 3 rings (SSSR count). The van der Waals surface area contributed by atoms with Crippen LogP contribution >= 0.6 is 12.4 Å². The van der Waals surface area contributed by atoms with Gasteiger partial charge in [-0.3, -0.25) is 0 Å². The van der Waals surface area contributed by atoms with Crippen molar-refractivity contribution >= 4 is 22.4 Å². The Hall–Kier alpha value is -1.20. The molecule has 2 unspecified atom stereocenters. The Morgan fingerprint density at radius 2 is 2.00 bits per heavy atom. The summed E-state index contributed by atoms with van der Waals surface area (Å²) in [4.78, 5) is -0.0663. The number of halogens is 2. The quantitative estimate of drug-likeness (QED) is 0.856. The molecule has 2 atom stereocenters. The van der Waals surface area contributed by atoms with Crippen LogP contribution in [-0.2, 0) is 10.0 Å². The summed E-state index contributed by atoms with van der Waals surface area (Å²) >= 11 is 0. The Labute approximate surface area is 122 Å². The van der Waals surface area contributed by atoms with Crippen LogP contribution in [0.15, 0.2) is 23.1 Å². The number of rotatable bonds is 3. The molecule has 2 N–H and O–H groups in total. The second kappa shape index (κ2) is 5.30. The zero-order valence-electron chi connectivity index (χ0n) is 10.3. The van der Waals surface area contributed by atoms with Gasteiger partial charge in [0.2, 0.25) is 10.0 Å². The fourth-order valence-corrected chi connectivity index (χ4v) is 3.96. The third-order valence-corrected chi connectivity index (χ3v) is 5.21. The van der Waals surface area contributed by atoms with E-state index < -0.39 is 15.8 Å². The molecule has 0 bridgehead atoms. The maximum atomic E-state index is 13.2. The monoisotopic (exact) mass is 317 g/mol. The maximum Gasteiger partial charge on any atom is 0.240 e. The van der Waals surface area contributed by atoms with E-state index in [1.54, 1.807) is 6.07 Å². The van der Waals surface area contributed by atoms with E-state index in [1.165, 1.54) is 6.07 Å². The summed E-state index contributed by atoms with van der Waals surface area (Å²) in [5.74, 6) is -0.00902. The van der Waals surface area contributed by atoms with E-state index in [4.69, 9.17) is 5.26 Å². The molecule has 0 aromatic heterocycles. The van der Waals surface area contributed by atoms with Gasteiger partial charge in [0.25, 0.3) is 0 Å². The van der Waals surface area contributed by atoms with Crippen molar-refractivity contribution in [3.8, 4) is 6.07 Å². The normalized spacial score (nSPS) is 27.3. The van der Waals surface area contributed by atoms with Gasteiger partial charge in [-0.15, -0.1) is 12.4 Å². The molecule has 20 heavy (non-hydrogen) atoms. The number of nitriles is 1. The van der Waals surface area contributed by atoms with Gasteiger partial charge in [-0.25, -0.2) is 17.5 Å². The van der Waals surface area contributed by atoms with Crippen molar-refractivity contribution in [2.24, 2.45) is 11.8 Å². The lowest BCUT2D eigenvalue weighted by Crippen LogP contribution is -2.32. The van der Waals surface area contributed by atoms with Crippen molar-refractivity contribution in [1.29, 1.82) is 5.26 Å². The van der Waals surface area contributed by atoms with Crippen LogP contribution in [0.3, 0.4) is 0 Å². The molecule has 1 aromatic rings. The first-order chi connectivity index (χ1) is 9.03. The van der Waals surface area contributed by atoms with Crippen LogP contribution in [0.2, 0.25) is 0 Å². The Morgan fingerprint density at radius 3 is 2.60 bits per heavy atom. The van der Waals surface area contributed by atoms with Crippen LogP contribution in [0.5, 0.6) is 0 Å². The highest BCUT2D eigenvalue weighted by molar-refractivity contribution is 7.89. The Balaban J connectivity index is 0.00000147. The average Bonchev–Trinajstić information content (AvgIpc) is 2.82. The summed E-state index contributed by atoms with van der Waals surface area (Å²) in [5.41, 5.74) is -0.263. The van der Waals surface area contributed by atoms with Gasteiger partial charge in [-0.1, -0.05) is 0 Å². The van der Waals surface area contributed by atoms with Crippen molar-refractivity contribution in [2.45, 2.75) is 10.9 Å². The predicted octanol–water partition coefficient (Wildman–Crippen LogP) is 0.615. The van der Waals surface area contributed by atoms with Crippen molar-refractivity contribution in [2.75, 3.05) is 13.1 Å². The molecular formula is C12H13ClFN3O2S. The molecule has 0 spiro atoms. The highest BCUT2D eigenvalue weighted by Crippen LogP contribution is 2.42. The van der Waals surface area contributed by atoms with Gasteiger partial charge < -0.3 is 5.32 Å². The number of hydrogen-bond donors (Lipinski definition) is 2. The minimum atomic E-state index is -3.68. The molecule has 0 amide bonds. The van der Waals surface area contributed by atoms with Crippen molar-refractivity contribution in [1.82, 2.24) is 10.0 Å². The highest BCUT2D eigenvalue weighted by Gasteiger charge is 2.54. The van der Waals surface area contributed by atoms with E-state index in [0.717, 1.165) is 25.2 Å². The molecule has 8 heteroatoms. The van der Waals surface area contributed by atoms with Crippen LogP contribution in [0.4, 0.5) is 4.39 Å². The van der Waals surface area contributed by atoms with Crippen LogP contribution in [-0.4, -0.2) is 27.5 Å². The zero-order chi connectivity index (χ0) is 13.6. The van der Waals surface area contributed by atoms with Gasteiger partial charge in [-0.2, -0.15) is 5.26 Å². The first kappa shape index (κ1) is 15.2. The van der Waals surface area contributed by atoms with Crippen LogP contribution < -0.4 is 10.0 Å². The molecule has 1 saturated heterocycles. The van der Waals surface area contributed by atoms with E-state index in [2.05, 4.69) is 10.0 Å². The van der Waals surface area contributed by atoms with E-state index in [-0.39, 0.29) is 28.9 Å². The minimum absolute atomic E-state index is 0. The zero-order valence-corrected chi connectivity index (χ0v) is 12.0. The second-order valence-electron chi connectivity index (χ2n) is 4.89. The molecule has 1 aliphatic heterocycles. The largest absolute Gasteiger partial charge is 0.316 e. The Morgan fingerprint density at radius 1 is 1.35 bits per heavy atom. The topological polar surface area (TPSA) is 82.0 Å². The molecule has 2 fully saturated rings. The third-order valence-electron chi connectivity index (χ3n) is 3.75. The van der Waals surface area contributed by atoms with Gasteiger partial charge in [0, 0.05) is 6.04 Å². The van der Waals surface area contributed by atoms with Gasteiger partial charge in [0.1, 0.15) is 11.9 Å². The summed E-state index contributed by atoms with van der Waals surface area (Å²) in [5, 5.41) is 11.9. The van der Waals surface area contributed by atoms with Crippen LogP contribution in [0, 0.1) is 29.0 Å². The number of nitrogens with zero attached hydrogens (tertiary/aromatic N) is 1. The lowest BCUT2D eigenvalue weighted by molar-refractivity contribution is 0.564. The molecular weight excluding hydrogens is 305 g/mol. The maximum absolute atomic E-state index is 13.2. The van der Waals surface area contributed by atoms with E-state index >= 15 is 0 Å². The second-order valence-corrected chi connectivity index (χ2v) is 6.60. The first-order valence-electron chi connectivity index (χ1n) is 5.95. The highest BCUT2D eigenvalue weighted by atomic mass is 35.5. The van der Waals surface area contributed by atoms with E-state index in [0.29, 0.717) is 11.8 Å². The number of sulfonamides is 1. The van der Waals surface area contributed by atoms with Gasteiger partial charge >= 0.3 is 0 Å². The van der Waals surface area contributed by atoms with Crippen LogP contribution in [0.1, 0.15) is 5.56 Å². The fraction of sp³-hybridized carbons (Fsp3) is 0.417. The van der Waals surface area contributed by atoms with E-state index in [1.807, 2.05) is 0 Å². The molecule has 1 saturated carbocycles. The first-order valence-corrected chi connectivity index (χ1v) is 7.44. The molecule has 1 heterocycles. The predicted molar refractivity (Wildman–Crippen MR) is 72.3 cm³/mol. The average molecular weight is 318 g/mol. The van der Waals surface area contributed by atoms with Crippen LogP contribution in [0.25, 0.3) is 0 Å². The number of piperidine rings is 1. The fourth-order valence-electron chi connectivity index (χ4n) is 2.60. The molecule has 2 aliphatic rings. The van der Waals surface area contributed by atoms with Crippen molar-refractivity contribution in [3.05, 3.63) is 29.6 Å². The molecule has 0 radical (unpaired) electrons. The number of hydrogen-bond acceptors (Lipinski definition) is 4. The van der Waals surface area contributed by atoms with Gasteiger partial charge in [-0.05, 0) is 43.1 Å². The standard InChI is InChI=1S/C12H12FN3O2S.ClH/c13-11-2-1-8(3-7(11)4-14)19(17,18)16-12-9-5-15-6-10(9)12;/h1-3,9-10,12,15-16H,5-6H2;1H. The lowest BCUT2D eigenvalue weighted by atomic mass is 10.2. The molecule has 1 aliphatic carbocycles. The smallest absolute Gasteiger partial charge is 0.240 e. The minimum Gasteiger partial charge on any atom is -0.316 e. The Kier molecular flexibility index (Phi) is 4.02. The number of fused-ring (bicyclic) bond motifs is 1. The van der Waals surface area contributed by atoms with Crippen molar-refractivity contribution < 1.29 is 12.8 Å². The van der Waals surface area contributed by atoms with Crippen molar-refractivity contribution in [3.63, 3.8) is 0 Å². The van der Waals surface area contributed by atoms with Gasteiger partial charge in [0.05, 0.1) is 10.5 Å². The number of nitrogens with one attached hydrogen (secondary N) is 2. The summed E-state index contributed by atoms with van der Waals surface area (Å²) < 4.78 is 40.1. The SMILES string of the molecule is Cl.N#Cc1cc(S(=O)(=O)NC2C3CNCC32)ccc1F. The summed E-state index contributed by atoms with van der Waals surface area (Å²) in [6, 6.07) is 4.84. The molecule has 5 nitrogen and oxygen atoms in total. The lowest BCUT2D eigenvalue weighted by Gasteiger charge is -2.09. The summed E-state index contributed by atoms with van der Waals surface area (Å²) in [6.45, 7) is 1.65. The van der Waals surface area contributed by atoms with E-state index in [9.17, 15) is 12.8 Å². The third kappa shape index (κ3) is 2.52. The Bertz CT molecular complexity index is 664. The number of benzene rings is 1. The van der Waals surface area contributed by atoms with Gasteiger partial charge in [0.15, 0.2) is 0 Å². The summed E-state index contributed by atoms with van der Waals surface area (Å²) in [6.07, 6.45) is 0. The summed E-state index contributed by atoms with van der Waals surface area (Å²) in [7, 11) is -3.68. The molecule has 1 aromatic carbocycles. The molecule has 108 valence electrons.